The third-order valence-corrected chi connectivity index (χ3v) is 11.9. The highest BCUT2D eigenvalue weighted by molar-refractivity contribution is 6.08. The maximum absolute atomic E-state index is 14.7. The van der Waals surface area contributed by atoms with Crippen molar-refractivity contribution in [3.8, 4) is 28.4 Å². The van der Waals surface area contributed by atoms with Crippen LogP contribution in [0.3, 0.4) is 0 Å². The van der Waals surface area contributed by atoms with E-state index in [1.165, 1.54) is 14.2 Å². The van der Waals surface area contributed by atoms with E-state index in [0.717, 1.165) is 19.3 Å². The smallest absolute Gasteiger partial charge is 0.312 e. The number of primary amides is 1. The van der Waals surface area contributed by atoms with Crippen molar-refractivity contribution < 1.29 is 50.4 Å². The summed E-state index contributed by atoms with van der Waals surface area (Å²) in [6, 6.07) is 17.5. The lowest BCUT2D eigenvalue weighted by molar-refractivity contribution is -0.184. The number of nitrogens with zero attached hydrogens (tertiary/aromatic N) is 2. The highest BCUT2D eigenvalue weighted by atomic mass is 16.6. The summed E-state index contributed by atoms with van der Waals surface area (Å²) < 4.78 is 26.6. The van der Waals surface area contributed by atoms with Gasteiger partial charge in [-0.15, -0.1) is 0 Å². The second kappa shape index (κ2) is 15.8. The lowest BCUT2D eigenvalue weighted by Crippen LogP contribution is -2.67. The Labute approximate surface area is 325 Å². The van der Waals surface area contributed by atoms with Crippen LogP contribution in [0.4, 0.5) is 0 Å². The molecule has 4 aliphatic rings. The molecular formula is C41H49N5O10. The second-order valence-electron chi connectivity index (χ2n) is 15.3. The van der Waals surface area contributed by atoms with Crippen molar-refractivity contribution in [3.05, 3.63) is 71.9 Å². The van der Waals surface area contributed by atoms with E-state index in [1.807, 2.05) is 12.1 Å². The van der Waals surface area contributed by atoms with Crippen molar-refractivity contribution in [2.24, 2.45) is 29.4 Å². The molecule has 2 amide bonds. The SMILES string of the molecule is [2H]CNC[C@H](OC(=O)C1C2CC3CC(C2)CC1(NC(=O)c1cc(-c2c(OC)cccc2OC)n(-c2ccc(C(N)=O)c4ccccc24)n1)C3)[C@@H](O)[C@H](O)[C@H](O)CO. The molecule has 3 unspecified atom stereocenters. The van der Waals surface area contributed by atoms with Crippen LogP contribution in [0.25, 0.3) is 27.7 Å². The van der Waals surface area contributed by atoms with Crippen LogP contribution in [0.15, 0.2) is 60.7 Å². The molecule has 0 spiro atoms. The predicted molar refractivity (Wildman–Crippen MR) is 204 cm³/mol. The largest absolute Gasteiger partial charge is 0.496 e. The first-order chi connectivity index (χ1) is 27.4. The number of aromatic nitrogens is 2. The number of nitrogens with one attached hydrogen (secondary N) is 2. The van der Waals surface area contributed by atoms with Gasteiger partial charge in [-0.3, -0.25) is 14.4 Å². The van der Waals surface area contributed by atoms with Gasteiger partial charge in [-0.2, -0.15) is 5.10 Å². The molecule has 7 atom stereocenters. The van der Waals surface area contributed by atoms with Gasteiger partial charge in [0.15, 0.2) is 5.69 Å². The molecule has 8 rings (SSSR count). The lowest BCUT2D eigenvalue weighted by atomic mass is 9.48. The van der Waals surface area contributed by atoms with Gasteiger partial charge in [-0.25, -0.2) is 4.68 Å². The van der Waals surface area contributed by atoms with Gasteiger partial charge in [0, 0.05) is 18.9 Å². The molecule has 4 bridgehead atoms. The zero-order chi connectivity index (χ0) is 40.6. The Hall–Kier alpha value is -5.06. The van der Waals surface area contributed by atoms with Crippen LogP contribution in [-0.2, 0) is 9.53 Å². The Morgan fingerprint density at radius 2 is 1.64 bits per heavy atom. The number of carbonyl (C=O) groups excluding carboxylic acids is 3. The summed E-state index contributed by atoms with van der Waals surface area (Å²) in [5.41, 5.74) is 6.61. The van der Waals surface area contributed by atoms with Crippen LogP contribution in [-0.4, -0.2) is 112 Å². The minimum absolute atomic E-state index is 0.0398. The third-order valence-electron chi connectivity index (χ3n) is 11.9. The van der Waals surface area contributed by atoms with Gasteiger partial charge in [0.1, 0.15) is 35.9 Å². The Bertz CT molecular complexity index is 2110. The van der Waals surface area contributed by atoms with Gasteiger partial charge in [0.05, 0.1) is 49.2 Å². The molecule has 4 aromatic rings. The van der Waals surface area contributed by atoms with E-state index in [4.69, 9.17) is 26.4 Å². The van der Waals surface area contributed by atoms with E-state index in [1.54, 1.807) is 53.2 Å². The van der Waals surface area contributed by atoms with Crippen LogP contribution in [0, 0.1) is 23.7 Å². The molecule has 4 aliphatic carbocycles. The van der Waals surface area contributed by atoms with E-state index in [9.17, 15) is 34.8 Å². The van der Waals surface area contributed by atoms with Gasteiger partial charge in [-0.05, 0) is 92.6 Å². The van der Waals surface area contributed by atoms with Crippen molar-refractivity contribution in [2.75, 3.05) is 34.4 Å². The van der Waals surface area contributed by atoms with E-state index in [0.29, 0.717) is 57.6 Å². The third kappa shape index (κ3) is 6.98. The van der Waals surface area contributed by atoms with Crippen LogP contribution in [0.5, 0.6) is 11.5 Å². The van der Waals surface area contributed by atoms with Crippen molar-refractivity contribution in [3.63, 3.8) is 0 Å². The molecule has 0 aliphatic heterocycles. The number of likely N-dealkylation sites (N-methyl/N-ethyl adjacent to an activating group) is 1. The summed E-state index contributed by atoms with van der Waals surface area (Å²) in [6.07, 6.45) is -3.13. The summed E-state index contributed by atoms with van der Waals surface area (Å²) in [6.45, 7) is -1.03. The molecule has 298 valence electrons. The summed E-state index contributed by atoms with van der Waals surface area (Å²) in [7, 11) is 2.78. The Kier molecular flexibility index (Phi) is 10.7. The minimum atomic E-state index is -1.83. The fourth-order valence-corrected chi connectivity index (χ4v) is 9.72. The number of hydrogen-bond acceptors (Lipinski definition) is 12. The Morgan fingerprint density at radius 1 is 0.964 bits per heavy atom. The van der Waals surface area contributed by atoms with Crippen molar-refractivity contribution in [1.82, 2.24) is 20.4 Å². The van der Waals surface area contributed by atoms with Crippen molar-refractivity contribution in [2.45, 2.75) is 62.1 Å². The Balaban J connectivity index is 1.29. The van der Waals surface area contributed by atoms with E-state index >= 15 is 0 Å². The summed E-state index contributed by atoms with van der Waals surface area (Å²) >= 11 is 0. The van der Waals surface area contributed by atoms with E-state index < -0.39 is 60.3 Å². The minimum Gasteiger partial charge on any atom is -0.496 e. The average Bonchev–Trinajstić information content (AvgIpc) is 3.65. The van der Waals surface area contributed by atoms with Crippen LogP contribution in [0.1, 0.15) is 54.3 Å². The number of nitrogens with two attached hydrogens (primary N) is 1. The molecule has 0 saturated heterocycles. The number of benzene rings is 3. The van der Waals surface area contributed by atoms with E-state index in [-0.39, 0.29) is 37.0 Å². The first kappa shape index (κ1) is 37.8. The number of carbonyl (C=O) groups is 3. The lowest BCUT2D eigenvalue weighted by Gasteiger charge is -2.60. The number of aliphatic hydroxyl groups is 4. The molecule has 4 fully saturated rings. The number of amides is 2. The van der Waals surface area contributed by atoms with Crippen molar-refractivity contribution in [1.29, 1.82) is 0 Å². The first-order valence-electron chi connectivity index (χ1n) is 19.5. The molecule has 8 N–H and O–H groups in total. The number of esters is 1. The fraction of sp³-hybridized carbons (Fsp3) is 0.463. The predicted octanol–water partition coefficient (Wildman–Crippen LogP) is 1.94. The molecular weight excluding hydrogens is 722 g/mol. The first-order valence-corrected chi connectivity index (χ1v) is 18.7. The second-order valence-corrected chi connectivity index (χ2v) is 15.3. The molecule has 3 aromatic carbocycles. The van der Waals surface area contributed by atoms with Crippen LogP contribution < -0.4 is 25.8 Å². The number of aliphatic hydroxyl groups excluding tert-OH is 4. The molecule has 1 heterocycles. The van der Waals surface area contributed by atoms with Gasteiger partial charge in [-0.1, -0.05) is 30.3 Å². The standard InChI is InChI=1S/C41H49N5O10/c1-43-19-33(37(50)36(49)30(48)20-47)56-40(53)35-23-14-21-13-22(15-23)18-41(35,17-21)44-39(52)27-16-29(34-31(54-2)9-6-10-32(34)55-3)46(45-27)28-12-11-26(38(42)51)24-7-4-5-8-25(24)28/h4-12,16,21-23,30,33,35-37,43,47-50H,13-15,17-20H2,1-3H3,(H2,42,51)(H,44,52)/t21?,22?,23?,30-,33+,35?,36-,37-,41?/m1/s1/i1D. The highest BCUT2D eigenvalue weighted by Crippen LogP contribution is 2.59. The zero-order valence-corrected chi connectivity index (χ0v) is 31.3. The number of ether oxygens (including phenoxy) is 3. The van der Waals surface area contributed by atoms with Crippen LogP contribution in [0.2, 0.25) is 0 Å². The molecule has 0 radical (unpaired) electrons. The molecule has 15 heteroatoms. The van der Waals surface area contributed by atoms with Gasteiger partial charge in [0.25, 0.3) is 5.91 Å². The number of methoxy groups -OCH3 is 2. The normalized spacial score (nSPS) is 24.9. The van der Waals surface area contributed by atoms with Crippen molar-refractivity contribution >= 4 is 28.6 Å². The topological polar surface area (TPSA) is 228 Å². The summed E-state index contributed by atoms with van der Waals surface area (Å²) in [5, 5.41) is 52.9. The van der Waals surface area contributed by atoms with E-state index in [2.05, 4.69) is 10.6 Å². The number of hydrogen-bond donors (Lipinski definition) is 7. The summed E-state index contributed by atoms with van der Waals surface area (Å²) in [4.78, 5) is 41.4. The van der Waals surface area contributed by atoms with Gasteiger partial charge >= 0.3 is 5.97 Å². The number of fused-ring (bicyclic) bond motifs is 1. The average molecular weight is 773 g/mol. The molecule has 1 aromatic heterocycles. The maximum atomic E-state index is 14.7. The number of rotatable bonds is 15. The molecule has 56 heavy (non-hydrogen) atoms. The quantitative estimate of drug-likeness (QED) is 0.0861. The molecule has 4 saturated carbocycles. The van der Waals surface area contributed by atoms with Gasteiger partial charge in [0.2, 0.25) is 5.91 Å². The van der Waals surface area contributed by atoms with Crippen LogP contribution >= 0.6 is 0 Å². The molecule has 15 nitrogen and oxygen atoms in total. The highest BCUT2D eigenvalue weighted by Gasteiger charge is 2.61. The summed E-state index contributed by atoms with van der Waals surface area (Å²) in [5.74, 6) is -1.29. The zero-order valence-electron chi connectivity index (χ0n) is 32.3. The maximum Gasteiger partial charge on any atom is 0.312 e. The monoisotopic (exact) mass is 772 g/mol. The fourth-order valence-electron chi connectivity index (χ4n) is 9.72. The Morgan fingerprint density at radius 3 is 2.27 bits per heavy atom. The van der Waals surface area contributed by atoms with Gasteiger partial charge < -0.3 is 51.0 Å².